The molecule has 1 rings (SSSR count). The van der Waals surface area contributed by atoms with Crippen molar-refractivity contribution in [1.82, 2.24) is 0 Å². The van der Waals surface area contributed by atoms with E-state index in [0.717, 1.165) is 0 Å². The summed E-state index contributed by atoms with van der Waals surface area (Å²) in [5, 5.41) is 2.92. The first-order valence-electron chi connectivity index (χ1n) is 6.27. The van der Waals surface area contributed by atoms with Crippen LogP contribution in [0.1, 0.15) is 27.2 Å². The number of carbonyl (C=O) groups excluding carboxylic acids is 2. The van der Waals surface area contributed by atoms with Crippen molar-refractivity contribution in [3.8, 4) is 0 Å². The lowest BCUT2D eigenvalue weighted by molar-refractivity contribution is -0.120. The molecule has 0 radical (unpaired) electrons. The zero-order valence-electron chi connectivity index (χ0n) is 11.6. The summed E-state index contributed by atoms with van der Waals surface area (Å²) in [7, 11) is 0. The van der Waals surface area contributed by atoms with Gasteiger partial charge in [0.1, 0.15) is 0 Å². The normalized spacial score (nSPS) is 11.5. The lowest BCUT2D eigenvalue weighted by Gasteiger charge is -2.08. The van der Waals surface area contributed by atoms with Gasteiger partial charge in [-0.05, 0) is 25.0 Å². The van der Waals surface area contributed by atoms with Crippen LogP contribution in [0, 0.1) is 5.92 Å². The minimum atomic E-state index is -0.243. The van der Waals surface area contributed by atoms with E-state index in [0.29, 0.717) is 17.8 Å². The average Bonchev–Trinajstić information content (AvgIpc) is 2.30. The van der Waals surface area contributed by atoms with Gasteiger partial charge in [-0.2, -0.15) is 0 Å². The van der Waals surface area contributed by atoms with E-state index in [1.807, 2.05) is 26.0 Å². The van der Waals surface area contributed by atoms with Crippen molar-refractivity contribution in [2.75, 3.05) is 11.1 Å². The van der Waals surface area contributed by atoms with Gasteiger partial charge in [0.05, 0.1) is 16.9 Å². The molecule has 0 bridgehead atoms. The molecule has 0 aliphatic carbocycles. The van der Waals surface area contributed by atoms with E-state index in [2.05, 4.69) is 5.32 Å². The Hall–Kier alpha value is -2.10. The first-order valence-corrected chi connectivity index (χ1v) is 6.27. The number of nitrogens with two attached hydrogens (primary N) is 1. The van der Waals surface area contributed by atoms with Crippen LogP contribution in [0.4, 0.5) is 11.4 Å². The van der Waals surface area contributed by atoms with E-state index in [1.165, 1.54) is 13.1 Å². The molecule has 0 fully saturated rings. The molecule has 0 unspecified atom stereocenters. The molecule has 1 aromatic rings. The summed E-state index contributed by atoms with van der Waals surface area (Å²) in [5.74, 6) is -0.172. The quantitative estimate of drug-likeness (QED) is 0.357. The minimum Gasteiger partial charge on any atom is -0.397 e. The fourth-order valence-corrected chi connectivity index (χ4v) is 1.64. The Morgan fingerprint density at radius 2 is 1.95 bits per heavy atom. The van der Waals surface area contributed by atoms with Crippen molar-refractivity contribution in [1.29, 1.82) is 0 Å². The summed E-state index contributed by atoms with van der Waals surface area (Å²) in [6.07, 6.45) is 1.80. The summed E-state index contributed by atoms with van der Waals surface area (Å²) < 4.78 is 0. The molecule has 0 spiro atoms. The van der Waals surface area contributed by atoms with Crippen LogP contribution in [0.25, 0.3) is 0 Å². The second-order valence-electron chi connectivity index (χ2n) is 4.87. The number of benzene rings is 1. The molecule has 3 N–H and O–H groups in total. The van der Waals surface area contributed by atoms with Gasteiger partial charge in [0, 0.05) is 12.6 Å². The molecule has 1 aromatic carbocycles. The third-order valence-corrected chi connectivity index (χ3v) is 2.61. The number of Topliss-reactive ketones (excluding diaryl/α,β-unsaturated/α-hetero) is 2. The van der Waals surface area contributed by atoms with E-state index < -0.39 is 0 Å². The molecule has 19 heavy (non-hydrogen) atoms. The third kappa shape index (κ3) is 4.58. The van der Waals surface area contributed by atoms with Gasteiger partial charge in [-0.3, -0.25) is 9.59 Å². The molecule has 0 heterocycles. The van der Waals surface area contributed by atoms with Crippen LogP contribution in [0.5, 0.6) is 0 Å². The number of allylic oxidation sites excluding steroid dienone is 1. The zero-order chi connectivity index (χ0) is 14.4. The number of hydrogen-bond acceptors (Lipinski definition) is 4. The van der Waals surface area contributed by atoms with Crippen LogP contribution in [0.15, 0.2) is 36.0 Å². The van der Waals surface area contributed by atoms with Crippen LogP contribution >= 0.6 is 0 Å². The largest absolute Gasteiger partial charge is 0.397 e. The number of para-hydroxylation sites is 2. The molecule has 4 heteroatoms. The Morgan fingerprint density at radius 3 is 2.47 bits per heavy atom. The average molecular weight is 260 g/mol. The summed E-state index contributed by atoms with van der Waals surface area (Å²) in [5.41, 5.74) is 7.20. The van der Waals surface area contributed by atoms with Crippen LogP contribution in [0.2, 0.25) is 0 Å². The smallest absolute Gasteiger partial charge is 0.168 e. The number of nitrogen functional groups attached to an aromatic ring is 1. The van der Waals surface area contributed by atoms with Crippen molar-refractivity contribution < 1.29 is 9.59 Å². The lowest BCUT2D eigenvalue weighted by Crippen LogP contribution is -2.14. The Balaban J connectivity index is 2.88. The molecule has 102 valence electrons. The second kappa shape index (κ2) is 6.73. The number of hydrogen-bond donors (Lipinski definition) is 2. The minimum absolute atomic E-state index is 0.149. The van der Waals surface area contributed by atoms with Gasteiger partial charge in [-0.25, -0.2) is 0 Å². The number of carbonyl (C=O) groups is 2. The first-order chi connectivity index (χ1) is 8.91. The SMILES string of the molecule is CC(=O)/C(=C/Nc1ccccc1N)C(=O)CC(C)C. The predicted octanol–water partition coefficient (Wildman–Crippen LogP) is 2.77. The van der Waals surface area contributed by atoms with Gasteiger partial charge < -0.3 is 11.1 Å². The summed E-state index contributed by atoms with van der Waals surface area (Å²) in [6, 6.07) is 7.19. The molecule has 4 nitrogen and oxygen atoms in total. The third-order valence-electron chi connectivity index (χ3n) is 2.61. The number of anilines is 2. The number of nitrogens with one attached hydrogen (secondary N) is 1. The van der Waals surface area contributed by atoms with Gasteiger partial charge in [0.15, 0.2) is 11.6 Å². The lowest BCUT2D eigenvalue weighted by atomic mass is 9.99. The number of rotatable bonds is 6. The molecule has 0 aliphatic rings. The highest BCUT2D eigenvalue weighted by Gasteiger charge is 2.15. The van der Waals surface area contributed by atoms with Crippen molar-refractivity contribution in [2.45, 2.75) is 27.2 Å². The highest BCUT2D eigenvalue weighted by atomic mass is 16.1. The maximum absolute atomic E-state index is 11.9. The summed E-state index contributed by atoms with van der Waals surface area (Å²) in [6.45, 7) is 5.27. The Morgan fingerprint density at radius 1 is 1.32 bits per heavy atom. The second-order valence-corrected chi connectivity index (χ2v) is 4.87. The highest BCUT2D eigenvalue weighted by Crippen LogP contribution is 2.17. The highest BCUT2D eigenvalue weighted by molar-refractivity contribution is 6.19. The molecular weight excluding hydrogens is 240 g/mol. The Labute approximate surface area is 113 Å². The van der Waals surface area contributed by atoms with Gasteiger partial charge in [0.25, 0.3) is 0 Å². The van der Waals surface area contributed by atoms with Gasteiger partial charge in [-0.1, -0.05) is 26.0 Å². The van der Waals surface area contributed by atoms with Gasteiger partial charge in [0.2, 0.25) is 0 Å². The standard InChI is InChI=1S/C15H20N2O2/c1-10(2)8-15(19)12(11(3)18)9-17-14-7-5-4-6-13(14)16/h4-7,9-10,17H,8,16H2,1-3H3/b12-9-. The van der Waals surface area contributed by atoms with Gasteiger partial charge in [-0.15, -0.1) is 0 Å². The van der Waals surface area contributed by atoms with E-state index in [9.17, 15) is 9.59 Å². The fraction of sp³-hybridized carbons (Fsp3) is 0.333. The molecule has 0 aliphatic heterocycles. The number of ketones is 2. The Bertz CT molecular complexity index is 505. The monoisotopic (exact) mass is 260 g/mol. The van der Waals surface area contributed by atoms with Crippen LogP contribution < -0.4 is 11.1 Å². The topological polar surface area (TPSA) is 72.2 Å². The van der Waals surface area contributed by atoms with E-state index in [4.69, 9.17) is 5.73 Å². The first kappa shape index (κ1) is 15.0. The van der Waals surface area contributed by atoms with E-state index >= 15 is 0 Å². The molecule has 0 atom stereocenters. The van der Waals surface area contributed by atoms with Crippen molar-refractivity contribution >= 4 is 22.9 Å². The van der Waals surface area contributed by atoms with E-state index in [-0.39, 0.29) is 23.1 Å². The summed E-state index contributed by atoms with van der Waals surface area (Å²) in [4.78, 5) is 23.5. The Kier molecular flexibility index (Phi) is 5.30. The molecule has 0 amide bonds. The molecule has 0 saturated heterocycles. The van der Waals surface area contributed by atoms with E-state index in [1.54, 1.807) is 12.1 Å². The van der Waals surface area contributed by atoms with Crippen LogP contribution in [0.3, 0.4) is 0 Å². The van der Waals surface area contributed by atoms with Crippen LogP contribution in [-0.2, 0) is 9.59 Å². The molecule has 0 saturated carbocycles. The fourth-order valence-electron chi connectivity index (χ4n) is 1.64. The van der Waals surface area contributed by atoms with Crippen molar-refractivity contribution in [2.24, 2.45) is 5.92 Å². The zero-order valence-corrected chi connectivity index (χ0v) is 11.6. The maximum Gasteiger partial charge on any atom is 0.168 e. The van der Waals surface area contributed by atoms with Crippen molar-refractivity contribution in [3.63, 3.8) is 0 Å². The predicted molar refractivity (Wildman–Crippen MR) is 77.7 cm³/mol. The van der Waals surface area contributed by atoms with Crippen molar-refractivity contribution in [3.05, 3.63) is 36.0 Å². The summed E-state index contributed by atoms with van der Waals surface area (Å²) >= 11 is 0. The van der Waals surface area contributed by atoms with Crippen LogP contribution in [-0.4, -0.2) is 11.6 Å². The maximum atomic E-state index is 11.9. The molecule has 0 aromatic heterocycles. The van der Waals surface area contributed by atoms with Gasteiger partial charge >= 0.3 is 0 Å². The molecular formula is C15H20N2O2.